The highest BCUT2D eigenvalue weighted by molar-refractivity contribution is 6.00. The predicted molar refractivity (Wildman–Crippen MR) is 172 cm³/mol. The molecule has 0 radical (unpaired) electrons. The van der Waals surface area contributed by atoms with E-state index in [4.69, 9.17) is 0 Å². The number of likely N-dealkylation sites (N-methyl/N-ethyl adjacent to an activating group) is 2. The molecule has 1 aliphatic carbocycles. The van der Waals surface area contributed by atoms with Crippen LogP contribution in [-0.4, -0.2) is 98.0 Å². The van der Waals surface area contributed by atoms with Crippen LogP contribution in [-0.2, 0) is 20.8 Å². The zero-order chi connectivity index (χ0) is 32.0. The maximum atomic E-state index is 13.7. The lowest BCUT2D eigenvalue weighted by molar-refractivity contribution is -0.130. The summed E-state index contributed by atoms with van der Waals surface area (Å²) in [4.78, 5) is 59.6. The molecule has 1 fully saturated rings. The number of rotatable bonds is 12. The van der Waals surface area contributed by atoms with E-state index in [9.17, 15) is 24.3 Å². The van der Waals surface area contributed by atoms with Crippen LogP contribution in [0.25, 0.3) is 10.9 Å². The molecule has 236 valence electrons. The van der Waals surface area contributed by atoms with Crippen molar-refractivity contribution in [3.8, 4) is 0 Å². The average Bonchev–Trinajstić information content (AvgIpc) is 3.40. The van der Waals surface area contributed by atoms with Gasteiger partial charge in [-0.3, -0.25) is 14.4 Å². The molecule has 0 spiro atoms. The Bertz CT molecular complexity index is 1490. The number of fused-ring (bicyclic) bond motifs is 1. The summed E-state index contributed by atoms with van der Waals surface area (Å²) in [5, 5.41) is 15.9. The molecule has 3 amide bonds. The molecule has 1 atom stereocenters. The number of aromatic amines is 1. The van der Waals surface area contributed by atoms with Crippen LogP contribution in [0.5, 0.6) is 0 Å². The molecule has 2 aromatic carbocycles. The van der Waals surface area contributed by atoms with Crippen molar-refractivity contribution in [2.75, 3.05) is 58.5 Å². The van der Waals surface area contributed by atoms with Crippen molar-refractivity contribution in [2.24, 2.45) is 11.8 Å². The van der Waals surface area contributed by atoms with E-state index in [1.807, 2.05) is 38.4 Å². The summed E-state index contributed by atoms with van der Waals surface area (Å²) in [6, 6.07) is 13.2. The van der Waals surface area contributed by atoms with Gasteiger partial charge < -0.3 is 35.4 Å². The van der Waals surface area contributed by atoms with Crippen molar-refractivity contribution in [3.05, 3.63) is 59.8 Å². The lowest BCUT2D eigenvalue weighted by atomic mass is 9.81. The summed E-state index contributed by atoms with van der Waals surface area (Å²) >= 11 is 0. The Labute approximate surface area is 258 Å². The van der Waals surface area contributed by atoms with Crippen LogP contribution in [0.15, 0.2) is 48.5 Å². The van der Waals surface area contributed by atoms with Gasteiger partial charge >= 0.3 is 5.97 Å². The normalized spacial score (nSPS) is 17.4. The van der Waals surface area contributed by atoms with Crippen molar-refractivity contribution >= 4 is 46.0 Å². The second-order valence-corrected chi connectivity index (χ2v) is 12.4. The number of carboxylic acid groups (broad SMARTS) is 1. The van der Waals surface area contributed by atoms with Crippen molar-refractivity contribution in [1.82, 2.24) is 20.1 Å². The van der Waals surface area contributed by atoms with Gasteiger partial charge in [-0.05, 0) is 102 Å². The number of amides is 3. The van der Waals surface area contributed by atoms with Crippen LogP contribution < -0.4 is 15.5 Å². The van der Waals surface area contributed by atoms with Gasteiger partial charge in [0.25, 0.3) is 0 Å². The zero-order valence-electron chi connectivity index (χ0n) is 26.2. The Morgan fingerprint density at radius 3 is 2.32 bits per heavy atom. The van der Waals surface area contributed by atoms with Gasteiger partial charge in [0.2, 0.25) is 17.7 Å². The van der Waals surface area contributed by atoms with E-state index in [2.05, 4.69) is 34.6 Å². The van der Waals surface area contributed by atoms with Crippen LogP contribution in [0.1, 0.15) is 41.7 Å². The SMILES string of the molecule is CN(C)CC(=O)N(C)c1cccc(C[C@H](NC(=O)C2CCC(CN(C)C)CC2)C(=O)Nc2ccc3[nH]c(C(=O)O)cc3c2)c1. The number of carbonyl (C=O) groups excluding carboxylic acids is 3. The summed E-state index contributed by atoms with van der Waals surface area (Å²) < 4.78 is 0. The number of aromatic carboxylic acids is 1. The first-order valence-corrected chi connectivity index (χ1v) is 15.0. The van der Waals surface area contributed by atoms with Gasteiger partial charge in [0.15, 0.2) is 0 Å². The highest BCUT2D eigenvalue weighted by Gasteiger charge is 2.30. The fourth-order valence-corrected chi connectivity index (χ4v) is 5.83. The third kappa shape index (κ3) is 8.67. The van der Waals surface area contributed by atoms with Gasteiger partial charge in [0.05, 0.1) is 6.54 Å². The molecule has 11 heteroatoms. The quantitative estimate of drug-likeness (QED) is 0.249. The Kier molecular flexibility index (Phi) is 10.8. The summed E-state index contributed by atoms with van der Waals surface area (Å²) in [5.41, 5.74) is 2.69. The van der Waals surface area contributed by atoms with E-state index in [0.29, 0.717) is 28.2 Å². The van der Waals surface area contributed by atoms with Gasteiger partial charge in [0.1, 0.15) is 11.7 Å². The van der Waals surface area contributed by atoms with E-state index in [1.54, 1.807) is 35.0 Å². The molecule has 11 nitrogen and oxygen atoms in total. The van der Waals surface area contributed by atoms with Gasteiger partial charge in [-0.2, -0.15) is 0 Å². The van der Waals surface area contributed by atoms with Crippen LogP contribution in [0.4, 0.5) is 11.4 Å². The Morgan fingerprint density at radius 2 is 1.66 bits per heavy atom. The highest BCUT2D eigenvalue weighted by atomic mass is 16.4. The van der Waals surface area contributed by atoms with Crippen molar-refractivity contribution in [2.45, 2.75) is 38.1 Å². The highest BCUT2D eigenvalue weighted by Crippen LogP contribution is 2.29. The average molecular weight is 605 g/mol. The summed E-state index contributed by atoms with van der Waals surface area (Å²) in [6.45, 7) is 1.26. The number of hydrogen-bond donors (Lipinski definition) is 4. The smallest absolute Gasteiger partial charge is 0.352 e. The largest absolute Gasteiger partial charge is 0.477 e. The molecular formula is C33H44N6O5. The van der Waals surface area contributed by atoms with E-state index >= 15 is 0 Å². The van der Waals surface area contributed by atoms with Gasteiger partial charge in [-0.15, -0.1) is 0 Å². The monoisotopic (exact) mass is 604 g/mol. The topological polar surface area (TPSA) is 138 Å². The van der Waals surface area contributed by atoms with Gasteiger partial charge in [0, 0.05) is 48.2 Å². The van der Waals surface area contributed by atoms with E-state index < -0.39 is 12.0 Å². The third-order valence-electron chi connectivity index (χ3n) is 8.16. The van der Waals surface area contributed by atoms with Gasteiger partial charge in [-0.1, -0.05) is 12.1 Å². The molecule has 1 aromatic heterocycles. The maximum Gasteiger partial charge on any atom is 0.352 e. The fraction of sp³-hybridized carbons (Fsp3) is 0.455. The molecule has 0 saturated heterocycles. The van der Waals surface area contributed by atoms with E-state index in [0.717, 1.165) is 37.8 Å². The maximum absolute atomic E-state index is 13.7. The lowest BCUT2D eigenvalue weighted by Gasteiger charge is -2.30. The summed E-state index contributed by atoms with van der Waals surface area (Å²) in [6.07, 6.45) is 3.73. The minimum absolute atomic E-state index is 0.0582. The molecule has 1 heterocycles. The molecule has 1 aliphatic rings. The first kappa shape index (κ1) is 32.7. The van der Waals surface area contributed by atoms with Crippen LogP contribution >= 0.6 is 0 Å². The number of nitrogens with zero attached hydrogens (tertiary/aromatic N) is 3. The predicted octanol–water partition coefficient (Wildman–Crippen LogP) is 3.42. The van der Waals surface area contributed by atoms with Crippen LogP contribution in [0, 0.1) is 11.8 Å². The molecule has 4 rings (SSSR count). The molecular weight excluding hydrogens is 560 g/mol. The Hall–Kier alpha value is -4.22. The Balaban J connectivity index is 1.52. The summed E-state index contributed by atoms with van der Waals surface area (Å²) in [7, 11) is 9.51. The number of anilines is 2. The molecule has 3 aromatic rings. The second kappa shape index (κ2) is 14.5. The van der Waals surface area contributed by atoms with Crippen LogP contribution in [0.2, 0.25) is 0 Å². The van der Waals surface area contributed by atoms with Crippen molar-refractivity contribution in [3.63, 3.8) is 0 Å². The number of carbonyl (C=O) groups is 4. The molecule has 0 unspecified atom stereocenters. The molecule has 0 aliphatic heterocycles. The van der Waals surface area contributed by atoms with E-state index in [-0.39, 0.29) is 42.3 Å². The number of aromatic nitrogens is 1. The molecule has 0 bridgehead atoms. The number of H-pyrrole nitrogens is 1. The minimum atomic E-state index is -1.07. The second-order valence-electron chi connectivity index (χ2n) is 12.4. The van der Waals surface area contributed by atoms with Crippen molar-refractivity contribution in [1.29, 1.82) is 0 Å². The zero-order valence-corrected chi connectivity index (χ0v) is 26.2. The summed E-state index contributed by atoms with van der Waals surface area (Å²) in [5.74, 6) is -1.23. The van der Waals surface area contributed by atoms with E-state index in [1.165, 1.54) is 6.07 Å². The molecule has 1 saturated carbocycles. The van der Waals surface area contributed by atoms with Crippen molar-refractivity contribution < 1.29 is 24.3 Å². The first-order valence-electron chi connectivity index (χ1n) is 15.0. The molecule has 44 heavy (non-hydrogen) atoms. The minimum Gasteiger partial charge on any atom is -0.477 e. The molecule has 4 N–H and O–H groups in total. The number of hydrogen-bond acceptors (Lipinski definition) is 6. The fourth-order valence-electron chi connectivity index (χ4n) is 5.83. The third-order valence-corrected chi connectivity index (χ3v) is 8.16. The van der Waals surface area contributed by atoms with Gasteiger partial charge in [-0.25, -0.2) is 4.79 Å². The standard InChI is InChI=1S/C33H44N6O5/c1-37(2)19-21-9-11-23(12-10-21)31(41)36-28(16-22-7-6-8-26(15-22)39(5)30(40)20-38(3)4)32(42)34-25-13-14-27-24(17-25)18-29(35-27)33(43)44/h6-8,13-15,17-18,21,23,28,35H,9-12,16,19-20H2,1-5H3,(H,34,42)(H,36,41)(H,43,44)/t21?,23?,28-/m0/s1. The lowest BCUT2D eigenvalue weighted by Crippen LogP contribution is -2.48. The van der Waals surface area contributed by atoms with Crippen LogP contribution in [0.3, 0.4) is 0 Å². The Morgan fingerprint density at radius 1 is 0.932 bits per heavy atom. The number of carboxylic acids is 1. The number of nitrogens with one attached hydrogen (secondary N) is 3. The number of benzene rings is 2. The first-order chi connectivity index (χ1) is 20.9.